The van der Waals surface area contributed by atoms with Crippen molar-refractivity contribution in [3.63, 3.8) is 0 Å². The maximum atomic E-state index is 13.7. The van der Waals surface area contributed by atoms with Gasteiger partial charge < -0.3 is 0 Å². The van der Waals surface area contributed by atoms with E-state index in [1.165, 1.54) is 17.4 Å². The molecular weight excluding hydrogens is 305 g/mol. The van der Waals surface area contributed by atoms with Gasteiger partial charge in [-0.25, -0.2) is 9.37 Å². The summed E-state index contributed by atoms with van der Waals surface area (Å²) in [6.07, 6.45) is 0.137. The molecule has 88 valence electrons. The molecule has 2 nitrogen and oxygen atoms in total. The largest absolute Gasteiger partial charge is 0.294 e. The fourth-order valence-electron chi connectivity index (χ4n) is 1.47. The maximum Gasteiger partial charge on any atom is 0.171 e. The minimum Gasteiger partial charge on any atom is -0.294 e. The van der Waals surface area contributed by atoms with Crippen LogP contribution in [0.3, 0.4) is 0 Å². The second kappa shape index (κ2) is 5.06. The van der Waals surface area contributed by atoms with Crippen LogP contribution in [0, 0.1) is 12.7 Å². The Bertz CT molecular complexity index is 567. The Kier molecular flexibility index (Phi) is 3.69. The number of benzene rings is 1. The first-order chi connectivity index (χ1) is 8.08. The van der Waals surface area contributed by atoms with Crippen molar-refractivity contribution in [2.24, 2.45) is 0 Å². The number of ketones is 1. The number of rotatable bonds is 3. The topological polar surface area (TPSA) is 30.0 Å². The number of hydrogen-bond acceptors (Lipinski definition) is 3. The van der Waals surface area contributed by atoms with Crippen molar-refractivity contribution in [1.82, 2.24) is 4.98 Å². The van der Waals surface area contributed by atoms with Gasteiger partial charge in [0.05, 0.1) is 27.2 Å². The lowest BCUT2D eigenvalue weighted by molar-refractivity contribution is 0.0988. The first-order valence-corrected chi connectivity index (χ1v) is 6.63. The van der Waals surface area contributed by atoms with Crippen molar-refractivity contribution in [3.05, 3.63) is 50.1 Å². The lowest BCUT2D eigenvalue weighted by Crippen LogP contribution is -2.06. The molecule has 0 bridgehead atoms. The summed E-state index contributed by atoms with van der Waals surface area (Å²) in [5.74, 6) is -0.765. The third-order valence-electron chi connectivity index (χ3n) is 2.26. The Labute approximate surface area is 111 Å². The lowest BCUT2D eigenvalue weighted by atomic mass is 10.1. The predicted molar refractivity (Wildman–Crippen MR) is 69.0 cm³/mol. The standard InChI is InChI=1S/C12H9BrFNOS/c1-7-15-8(6-17-7)5-11(16)9-3-2-4-10(13)12(9)14/h2-4,6H,5H2,1H3. The van der Waals surface area contributed by atoms with E-state index in [4.69, 9.17) is 0 Å². The van der Waals surface area contributed by atoms with Gasteiger partial charge in [-0.1, -0.05) is 6.07 Å². The van der Waals surface area contributed by atoms with Crippen LogP contribution in [-0.2, 0) is 6.42 Å². The Morgan fingerprint density at radius 1 is 1.53 bits per heavy atom. The summed E-state index contributed by atoms with van der Waals surface area (Å²) in [6.45, 7) is 1.87. The third-order valence-corrected chi connectivity index (χ3v) is 3.70. The zero-order chi connectivity index (χ0) is 12.4. The molecule has 0 saturated heterocycles. The number of carbonyl (C=O) groups excluding carboxylic acids is 1. The normalized spacial score (nSPS) is 10.5. The van der Waals surface area contributed by atoms with Gasteiger partial charge in [-0.05, 0) is 35.0 Å². The molecule has 2 rings (SSSR count). The monoisotopic (exact) mass is 313 g/mol. The van der Waals surface area contributed by atoms with Gasteiger partial charge in [0.2, 0.25) is 0 Å². The molecule has 0 N–H and O–H groups in total. The molecule has 0 spiro atoms. The van der Waals surface area contributed by atoms with E-state index in [0.717, 1.165) is 5.01 Å². The Hall–Kier alpha value is -1.07. The average molecular weight is 314 g/mol. The predicted octanol–water partition coefficient (Wildman–Crippen LogP) is 3.78. The minimum absolute atomic E-state index is 0.102. The molecule has 0 atom stereocenters. The number of halogens is 2. The quantitative estimate of drug-likeness (QED) is 0.807. The van der Waals surface area contributed by atoms with Crippen molar-refractivity contribution >= 4 is 33.0 Å². The highest BCUT2D eigenvalue weighted by molar-refractivity contribution is 9.10. The number of hydrogen-bond donors (Lipinski definition) is 0. The van der Waals surface area contributed by atoms with Gasteiger partial charge in [-0.15, -0.1) is 11.3 Å². The van der Waals surface area contributed by atoms with Crippen molar-refractivity contribution in [2.75, 3.05) is 0 Å². The van der Waals surface area contributed by atoms with E-state index >= 15 is 0 Å². The molecule has 0 aliphatic heterocycles. The van der Waals surface area contributed by atoms with Crippen LogP contribution in [-0.4, -0.2) is 10.8 Å². The van der Waals surface area contributed by atoms with E-state index in [0.29, 0.717) is 10.2 Å². The highest BCUT2D eigenvalue weighted by atomic mass is 79.9. The molecule has 0 aliphatic carbocycles. The molecular formula is C12H9BrFNOS. The van der Waals surface area contributed by atoms with Crippen LogP contribution < -0.4 is 0 Å². The summed E-state index contributed by atoms with van der Waals surface area (Å²) in [6, 6.07) is 4.70. The number of Topliss-reactive ketones (excluding diaryl/α,β-unsaturated/α-hetero) is 1. The summed E-state index contributed by atoms with van der Waals surface area (Å²) in [5, 5.41) is 2.73. The van der Waals surface area contributed by atoms with Crippen LogP contribution in [0.15, 0.2) is 28.1 Å². The van der Waals surface area contributed by atoms with E-state index < -0.39 is 5.82 Å². The molecule has 0 aliphatic rings. The number of thiazole rings is 1. The average Bonchev–Trinajstić information content (AvgIpc) is 2.68. The van der Waals surface area contributed by atoms with Crippen molar-refractivity contribution in [3.8, 4) is 0 Å². The first-order valence-electron chi connectivity index (χ1n) is 4.96. The molecule has 1 aromatic carbocycles. The van der Waals surface area contributed by atoms with Gasteiger partial charge in [-0.3, -0.25) is 4.79 Å². The second-order valence-corrected chi connectivity index (χ2v) is 5.48. The third kappa shape index (κ3) is 2.79. The highest BCUT2D eigenvalue weighted by Crippen LogP contribution is 2.20. The van der Waals surface area contributed by atoms with Crippen molar-refractivity contribution in [1.29, 1.82) is 0 Å². The zero-order valence-electron chi connectivity index (χ0n) is 9.04. The summed E-state index contributed by atoms with van der Waals surface area (Å²) in [5.41, 5.74) is 0.793. The SMILES string of the molecule is Cc1nc(CC(=O)c2cccc(Br)c2F)cs1. The summed E-state index contributed by atoms with van der Waals surface area (Å²) >= 11 is 4.55. The molecule has 0 amide bonds. The molecule has 0 saturated carbocycles. The van der Waals surface area contributed by atoms with E-state index in [1.807, 2.05) is 12.3 Å². The fraction of sp³-hybridized carbons (Fsp3) is 0.167. The molecule has 1 heterocycles. The summed E-state index contributed by atoms with van der Waals surface area (Å²) in [4.78, 5) is 16.1. The first kappa shape index (κ1) is 12.4. The molecule has 0 unspecified atom stereocenters. The smallest absolute Gasteiger partial charge is 0.171 e. The molecule has 17 heavy (non-hydrogen) atoms. The Morgan fingerprint density at radius 3 is 2.94 bits per heavy atom. The highest BCUT2D eigenvalue weighted by Gasteiger charge is 2.15. The molecule has 5 heteroatoms. The summed E-state index contributed by atoms with van der Waals surface area (Å²) in [7, 11) is 0. The number of nitrogens with zero attached hydrogens (tertiary/aromatic N) is 1. The van der Waals surface area contributed by atoms with E-state index in [1.54, 1.807) is 12.1 Å². The van der Waals surface area contributed by atoms with Crippen LogP contribution >= 0.6 is 27.3 Å². The number of carbonyl (C=O) groups is 1. The number of aromatic nitrogens is 1. The van der Waals surface area contributed by atoms with E-state index in [-0.39, 0.29) is 17.8 Å². The van der Waals surface area contributed by atoms with Gasteiger partial charge in [0, 0.05) is 5.38 Å². The molecule has 0 radical (unpaired) electrons. The molecule has 0 fully saturated rings. The maximum absolute atomic E-state index is 13.7. The van der Waals surface area contributed by atoms with Gasteiger partial charge in [0.15, 0.2) is 5.78 Å². The van der Waals surface area contributed by atoms with Gasteiger partial charge in [-0.2, -0.15) is 0 Å². The van der Waals surface area contributed by atoms with Crippen LogP contribution in [0.4, 0.5) is 4.39 Å². The fourth-order valence-corrected chi connectivity index (χ4v) is 2.45. The van der Waals surface area contributed by atoms with Crippen molar-refractivity contribution in [2.45, 2.75) is 13.3 Å². The number of aryl methyl sites for hydroxylation is 1. The Morgan fingerprint density at radius 2 is 2.29 bits per heavy atom. The van der Waals surface area contributed by atoms with Crippen LogP contribution in [0.5, 0.6) is 0 Å². The van der Waals surface area contributed by atoms with Gasteiger partial charge in [0.1, 0.15) is 5.82 Å². The molecule has 2 aromatic rings. The Balaban J connectivity index is 2.23. The second-order valence-electron chi connectivity index (χ2n) is 3.56. The van der Waals surface area contributed by atoms with Crippen LogP contribution in [0.2, 0.25) is 0 Å². The minimum atomic E-state index is -0.510. The van der Waals surface area contributed by atoms with Crippen LogP contribution in [0.1, 0.15) is 21.1 Å². The lowest BCUT2D eigenvalue weighted by Gasteiger charge is -2.02. The molecule has 1 aromatic heterocycles. The van der Waals surface area contributed by atoms with Crippen molar-refractivity contribution < 1.29 is 9.18 Å². The van der Waals surface area contributed by atoms with E-state index in [2.05, 4.69) is 20.9 Å². The van der Waals surface area contributed by atoms with Gasteiger partial charge in [0.25, 0.3) is 0 Å². The zero-order valence-corrected chi connectivity index (χ0v) is 11.4. The van der Waals surface area contributed by atoms with Gasteiger partial charge >= 0.3 is 0 Å². The van der Waals surface area contributed by atoms with Crippen LogP contribution in [0.25, 0.3) is 0 Å². The summed E-state index contributed by atoms with van der Waals surface area (Å²) < 4.78 is 14.0. The van der Waals surface area contributed by atoms with E-state index in [9.17, 15) is 9.18 Å².